The Bertz CT molecular complexity index is 1980. The first-order chi connectivity index (χ1) is 23.3. The average molecular weight is 639 g/mol. The van der Waals surface area contributed by atoms with Gasteiger partial charge >= 0.3 is 0 Å². The van der Waals surface area contributed by atoms with Crippen molar-refractivity contribution < 1.29 is 9.59 Å². The number of likely N-dealkylation sites (N-methyl/N-ethyl adjacent to an activating group) is 2. The lowest BCUT2D eigenvalue weighted by molar-refractivity contribution is 0.0930. The number of nitrogens with one attached hydrogen (secondary N) is 4. The van der Waals surface area contributed by atoms with E-state index >= 15 is 0 Å². The molecule has 2 aromatic heterocycles. The summed E-state index contributed by atoms with van der Waals surface area (Å²) in [6, 6.07) is 28.0. The van der Waals surface area contributed by atoms with E-state index in [9.17, 15) is 9.59 Å². The van der Waals surface area contributed by atoms with Crippen molar-refractivity contribution in [3.8, 4) is 33.9 Å². The molecule has 0 aliphatic carbocycles. The number of likely N-dealkylation sites (tertiary alicyclic amines) is 2. The van der Waals surface area contributed by atoms with Gasteiger partial charge in [0.25, 0.3) is 11.8 Å². The van der Waals surface area contributed by atoms with Crippen molar-refractivity contribution in [3.05, 3.63) is 96.1 Å². The van der Waals surface area contributed by atoms with Crippen LogP contribution in [0.15, 0.2) is 84.9 Å². The molecule has 0 unspecified atom stereocenters. The molecule has 10 nitrogen and oxygen atoms in total. The van der Waals surface area contributed by atoms with Crippen molar-refractivity contribution in [1.29, 1.82) is 0 Å². The molecule has 242 valence electrons. The lowest BCUT2D eigenvalue weighted by Gasteiger charge is -2.13. The van der Waals surface area contributed by atoms with Crippen molar-refractivity contribution in [2.24, 2.45) is 0 Å². The number of aromatic nitrogens is 4. The molecule has 2 aliphatic heterocycles. The number of hydrogen-bond acceptors (Lipinski definition) is 6. The summed E-state index contributed by atoms with van der Waals surface area (Å²) in [5, 5.41) is 6.28. The van der Waals surface area contributed by atoms with E-state index in [1.165, 1.54) is 0 Å². The van der Waals surface area contributed by atoms with E-state index in [1.807, 2.05) is 60.7 Å². The van der Waals surface area contributed by atoms with Crippen LogP contribution >= 0.6 is 0 Å². The molecular weight excluding hydrogens is 600 g/mol. The van der Waals surface area contributed by atoms with Crippen molar-refractivity contribution in [1.82, 2.24) is 40.4 Å². The monoisotopic (exact) mass is 638 g/mol. The maximum absolute atomic E-state index is 12.7. The second kappa shape index (κ2) is 12.4. The second-order valence-corrected chi connectivity index (χ2v) is 13.2. The van der Waals surface area contributed by atoms with Gasteiger partial charge in [-0.2, -0.15) is 0 Å². The van der Waals surface area contributed by atoms with Gasteiger partial charge < -0.3 is 30.4 Å². The number of nitrogens with zero attached hydrogens (tertiary/aromatic N) is 4. The summed E-state index contributed by atoms with van der Waals surface area (Å²) >= 11 is 0. The van der Waals surface area contributed by atoms with E-state index in [1.54, 1.807) is 0 Å². The smallest absolute Gasteiger partial charge is 0.251 e. The number of aromatic amines is 2. The Hall–Kier alpha value is -5.32. The number of hydrogen-bond donors (Lipinski definition) is 4. The van der Waals surface area contributed by atoms with Crippen LogP contribution in [0.3, 0.4) is 0 Å². The van der Waals surface area contributed by atoms with Gasteiger partial charge in [-0.3, -0.25) is 9.59 Å². The van der Waals surface area contributed by atoms with E-state index in [2.05, 4.69) is 68.8 Å². The molecule has 4 aromatic carbocycles. The van der Waals surface area contributed by atoms with Gasteiger partial charge in [0.15, 0.2) is 0 Å². The molecule has 0 spiro atoms. The van der Waals surface area contributed by atoms with E-state index in [-0.39, 0.29) is 23.9 Å². The van der Waals surface area contributed by atoms with Gasteiger partial charge in [-0.15, -0.1) is 0 Å². The molecule has 48 heavy (non-hydrogen) atoms. The number of rotatable bonds is 7. The number of fused-ring (bicyclic) bond motifs is 2. The van der Waals surface area contributed by atoms with Gasteiger partial charge in [-0.05, 0) is 99.7 Å². The standard InChI is InChI=1S/C38H38N8O2/c1-45-17-15-29(21-45)39-37(47)25-7-3-23(4-8-25)35-41-31-13-11-27(19-33(31)43-35)28-12-14-32-34(20-28)44-36(42-32)24-5-9-26(10-6-24)38(48)40-30-16-18-46(2)22-30/h3-14,19-20,29-30H,15-18,21-22H2,1-2H3,(H,39,47)(H,40,48)(H,41,43)(H,42,44)/t29-,30-/m1/s1. The van der Waals surface area contributed by atoms with Gasteiger partial charge in [0.05, 0.1) is 22.1 Å². The molecule has 0 radical (unpaired) electrons. The lowest BCUT2D eigenvalue weighted by atomic mass is 10.0. The van der Waals surface area contributed by atoms with Gasteiger partial charge in [0.1, 0.15) is 11.6 Å². The number of carbonyl (C=O) groups excluding carboxylic acids is 2. The summed E-state index contributed by atoms with van der Waals surface area (Å²) in [6.45, 7) is 3.79. The van der Waals surface area contributed by atoms with E-state index in [4.69, 9.17) is 9.97 Å². The van der Waals surface area contributed by atoms with Crippen LogP contribution in [0.1, 0.15) is 33.6 Å². The Balaban J connectivity index is 0.967. The highest BCUT2D eigenvalue weighted by Crippen LogP contribution is 2.29. The maximum atomic E-state index is 12.7. The average Bonchev–Trinajstić information content (AvgIpc) is 3.91. The molecule has 8 rings (SSSR count). The number of benzene rings is 4. The van der Waals surface area contributed by atoms with Gasteiger partial charge in [0, 0.05) is 47.4 Å². The van der Waals surface area contributed by atoms with Crippen molar-refractivity contribution in [2.45, 2.75) is 24.9 Å². The summed E-state index contributed by atoms with van der Waals surface area (Å²) in [5.41, 5.74) is 8.83. The first kappa shape index (κ1) is 30.0. The van der Waals surface area contributed by atoms with Crippen LogP contribution in [-0.2, 0) is 0 Å². The number of carbonyl (C=O) groups is 2. The van der Waals surface area contributed by atoms with Crippen LogP contribution in [0.2, 0.25) is 0 Å². The van der Waals surface area contributed by atoms with Gasteiger partial charge in [-0.25, -0.2) is 9.97 Å². The SMILES string of the molecule is CN1CC[C@@H](NC(=O)c2ccc(-c3nc4cc(-c5ccc6[nH]c(-c7ccc(C(=O)N[C@@H]8CCN(C)C8)cc7)nc6c5)ccc4[nH]3)cc2)C1. The first-order valence-electron chi connectivity index (χ1n) is 16.5. The molecule has 2 amide bonds. The Labute approximate surface area is 278 Å². The van der Waals surface area contributed by atoms with E-state index < -0.39 is 0 Å². The fraction of sp³-hybridized carbons (Fsp3) is 0.263. The van der Waals surface area contributed by atoms with E-state index in [0.29, 0.717) is 11.1 Å². The highest BCUT2D eigenvalue weighted by molar-refractivity contribution is 5.96. The number of imidazole rings is 2. The molecule has 2 fully saturated rings. The second-order valence-electron chi connectivity index (χ2n) is 13.2. The summed E-state index contributed by atoms with van der Waals surface area (Å²) < 4.78 is 0. The molecule has 0 saturated carbocycles. The van der Waals surface area contributed by atoms with Crippen LogP contribution in [0.25, 0.3) is 56.0 Å². The van der Waals surface area contributed by atoms with Gasteiger partial charge in [0.2, 0.25) is 0 Å². The predicted octanol–water partition coefficient (Wildman–Crippen LogP) is 5.31. The summed E-state index contributed by atoms with van der Waals surface area (Å²) in [6.07, 6.45) is 1.96. The molecule has 4 N–H and O–H groups in total. The molecule has 10 heteroatoms. The molecular formula is C38H38N8O2. The third kappa shape index (κ3) is 6.08. The third-order valence-corrected chi connectivity index (χ3v) is 9.59. The Morgan fingerprint density at radius 1 is 0.604 bits per heavy atom. The van der Waals surface area contributed by atoms with Crippen LogP contribution in [-0.4, -0.2) is 93.9 Å². The summed E-state index contributed by atoms with van der Waals surface area (Å²) in [7, 11) is 4.15. The third-order valence-electron chi connectivity index (χ3n) is 9.59. The minimum atomic E-state index is -0.0395. The molecule has 0 bridgehead atoms. The quantitative estimate of drug-likeness (QED) is 0.188. The minimum absolute atomic E-state index is 0.0395. The Morgan fingerprint density at radius 3 is 1.38 bits per heavy atom. The van der Waals surface area contributed by atoms with Crippen LogP contribution in [0.4, 0.5) is 0 Å². The minimum Gasteiger partial charge on any atom is -0.348 e. The molecule has 2 aliphatic rings. The van der Waals surface area contributed by atoms with Gasteiger partial charge in [-0.1, -0.05) is 36.4 Å². The molecule has 6 aromatic rings. The normalized spacial score (nSPS) is 18.5. The van der Waals surface area contributed by atoms with Crippen molar-refractivity contribution in [3.63, 3.8) is 0 Å². The number of amides is 2. The Morgan fingerprint density at radius 2 is 1.00 bits per heavy atom. The topological polar surface area (TPSA) is 122 Å². The number of H-pyrrole nitrogens is 2. The lowest BCUT2D eigenvalue weighted by Crippen LogP contribution is -2.36. The zero-order valence-electron chi connectivity index (χ0n) is 27.1. The van der Waals surface area contributed by atoms with Crippen LogP contribution in [0, 0.1) is 0 Å². The van der Waals surface area contributed by atoms with Crippen LogP contribution in [0.5, 0.6) is 0 Å². The highest BCUT2D eigenvalue weighted by atomic mass is 16.2. The summed E-state index contributed by atoms with van der Waals surface area (Å²) in [4.78, 5) is 46.5. The molecule has 2 atom stereocenters. The van der Waals surface area contributed by atoms with Crippen LogP contribution < -0.4 is 10.6 Å². The molecule has 4 heterocycles. The van der Waals surface area contributed by atoms with E-state index in [0.717, 1.165) is 95.0 Å². The maximum Gasteiger partial charge on any atom is 0.251 e. The largest absolute Gasteiger partial charge is 0.348 e. The molecule has 2 saturated heterocycles. The van der Waals surface area contributed by atoms with Crippen molar-refractivity contribution in [2.75, 3.05) is 40.3 Å². The predicted molar refractivity (Wildman–Crippen MR) is 189 cm³/mol. The van der Waals surface area contributed by atoms with Crippen molar-refractivity contribution >= 4 is 33.9 Å². The fourth-order valence-electron chi connectivity index (χ4n) is 6.85. The zero-order chi connectivity index (χ0) is 32.8. The Kier molecular flexibility index (Phi) is 7.74. The summed E-state index contributed by atoms with van der Waals surface area (Å²) in [5.74, 6) is 1.44. The first-order valence-corrected chi connectivity index (χ1v) is 16.5. The zero-order valence-corrected chi connectivity index (χ0v) is 27.1. The highest BCUT2D eigenvalue weighted by Gasteiger charge is 2.23. The fourth-order valence-corrected chi connectivity index (χ4v) is 6.85.